The largest absolute Gasteiger partial charge is 0.497 e. The highest BCUT2D eigenvalue weighted by Crippen LogP contribution is 2.32. The topological polar surface area (TPSA) is 33.3 Å². The van der Waals surface area contributed by atoms with E-state index >= 15 is 0 Å². The number of hydrogen-bond acceptors (Lipinski definition) is 2. The van der Waals surface area contributed by atoms with E-state index in [2.05, 4.69) is 38.7 Å². The maximum absolute atomic E-state index is 5.48. The van der Waals surface area contributed by atoms with E-state index in [0.717, 1.165) is 35.2 Å². The summed E-state index contributed by atoms with van der Waals surface area (Å²) < 4.78 is 6.35. The Balaban J connectivity index is 1.70. The van der Waals surface area contributed by atoms with Crippen LogP contribution in [0.2, 0.25) is 0 Å². The van der Waals surface area contributed by atoms with Crippen molar-refractivity contribution in [3.05, 3.63) is 58.1 Å². The number of hydrogen-bond donors (Lipinski definition) is 2. The third-order valence-corrected chi connectivity index (χ3v) is 4.77. The van der Waals surface area contributed by atoms with Gasteiger partial charge in [-0.3, -0.25) is 0 Å². The second kappa shape index (κ2) is 7.32. The highest BCUT2D eigenvalue weighted by Gasteiger charge is 2.21. The van der Waals surface area contributed by atoms with E-state index in [1.807, 2.05) is 30.3 Å². The molecular weight excluding hydrogens is 372 g/mol. The third-order valence-electron chi connectivity index (χ3n) is 4.05. The second-order valence-electron chi connectivity index (χ2n) is 5.62. The highest BCUT2D eigenvalue weighted by molar-refractivity contribution is 9.10. The van der Waals surface area contributed by atoms with Crippen LogP contribution in [0.25, 0.3) is 0 Å². The fraction of sp³-hybridized carbons (Fsp3) is 0.278. The zero-order valence-electron chi connectivity index (χ0n) is 12.9. The third kappa shape index (κ3) is 4.03. The summed E-state index contributed by atoms with van der Waals surface area (Å²) in [6, 6.07) is 14.5. The van der Waals surface area contributed by atoms with Crippen molar-refractivity contribution >= 4 is 38.9 Å². The molecule has 0 fully saturated rings. The molecule has 1 atom stereocenters. The smallest absolute Gasteiger partial charge is 0.171 e. The number of ether oxygens (including phenoxy) is 1. The lowest BCUT2D eigenvalue weighted by Crippen LogP contribution is -2.34. The number of rotatable bonds is 3. The Morgan fingerprint density at radius 2 is 2.13 bits per heavy atom. The van der Waals surface area contributed by atoms with Crippen LogP contribution < -0.4 is 15.4 Å². The van der Waals surface area contributed by atoms with Crippen LogP contribution in [0, 0.1) is 0 Å². The lowest BCUT2D eigenvalue weighted by molar-refractivity contribution is 0.412. The fourth-order valence-corrected chi connectivity index (χ4v) is 3.62. The van der Waals surface area contributed by atoms with Gasteiger partial charge < -0.3 is 15.4 Å². The van der Waals surface area contributed by atoms with E-state index in [1.165, 1.54) is 11.1 Å². The molecule has 3 rings (SSSR count). The Morgan fingerprint density at radius 3 is 2.91 bits per heavy atom. The molecule has 120 valence electrons. The number of fused-ring (bicyclic) bond motifs is 1. The molecule has 0 bridgehead atoms. The summed E-state index contributed by atoms with van der Waals surface area (Å²) >= 11 is 8.95. The molecule has 1 aliphatic carbocycles. The molecule has 2 aromatic carbocycles. The highest BCUT2D eigenvalue weighted by atomic mass is 79.9. The number of thiocarbonyl (C=S) groups is 1. The molecule has 2 N–H and O–H groups in total. The van der Waals surface area contributed by atoms with Gasteiger partial charge in [-0.05, 0) is 72.9 Å². The summed E-state index contributed by atoms with van der Waals surface area (Å²) in [7, 11) is 1.71. The molecular formula is C18H19BrN2OS. The Bertz CT molecular complexity index is 720. The van der Waals surface area contributed by atoms with E-state index in [0.29, 0.717) is 5.11 Å². The van der Waals surface area contributed by atoms with Gasteiger partial charge in [-0.1, -0.05) is 28.1 Å². The molecule has 1 aliphatic rings. The number of benzene rings is 2. The minimum absolute atomic E-state index is 0.247. The van der Waals surface area contributed by atoms with Gasteiger partial charge in [0.05, 0.1) is 13.2 Å². The predicted octanol–water partition coefficient (Wildman–Crippen LogP) is 4.82. The van der Waals surface area contributed by atoms with Gasteiger partial charge in [0.15, 0.2) is 5.11 Å². The Kier molecular flexibility index (Phi) is 5.18. The van der Waals surface area contributed by atoms with Gasteiger partial charge in [-0.2, -0.15) is 0 Å². The summed E-state index contributed by atoms with van der Waals surface area (Å²) in [5, 5.41) is 7.34. The molecule has 23 heavy (non-hydrogen) atoms. The van der Waals surface area contributed by atoms with Crippen LogP contribution in [0.15, 0.2) is 46.9 Å². The standard InChI is InChI=1S/C18H19BrN2OS/c1-22-15-8-9-16-12(10-15)4-2-7-17(16)21-18(23)20-14-6-3-5-13(19)11-14/h3,5-6,8-11,17H,2,4,7H2,1H3,(H2,20,21,23)/t17-/m0/s1. The van der Waals surface area contributed by atoms with Crippen LogP contribution in [-0.2, 0) is 6.42 Å². The number of nitrogens with one attached hydrogen (secondary N) is 2. The van der Waals surface area contributed by atoms with Crippen LogP contribution >= 0.6 is 28.1 Å². The van der Waals surface area contributed by atoms with Crippen molar-refractivity contribution < 1.29 is 4.74 Å². The van der Waals surface area contributed by atoms with Crippen LogP contribution in [-0.4, -0.2) is 12.2 Å². The van der Waals surface area contributed by atoms with Gasteiger partial charge in [0.2, 0.25) is 0 Å². The quantitative estimate of drug-likeness (QED) is 0.735. The van der Waals surface area contributed by atoms with E-state index in [1.54, 1.807) is 7.11 Å². The number of anilines is 1. The van der Waals surface area contributed by atoms with Crippen molar-refractivity contribution in [1.29, 1.82) is 0 Å². The SMILES string of the molecule is COc1ccc2c(c1)CCC[C@@H]2NC(=S)Nc1cccc(Br)c1. The van der Waals surface area contributed by atoms with Crippen molar-refractivity contribution in [3.8, 4) is 5.75 Å². The Morgan fingerprint density at radius 1 is 1.26 bits per heavy atom. The van der Waals surface area contributed by atoms with Crippen LogP contribution in [0.5, 0.6) is 5.75 Å². The Hall–Kier alpha value is -1.59. The van der Waals surface area contributed by atoms with Crippen molar-refractivity contribution in [2.24, 2.45) is 0 Å². The van der Waals surface area contributed by atoms with Gasteiger partial charge in [0, 0.05) is 10.2 Å². The Labute approximate surface area is 150 Å². The van der Waals surface area contributed by atoms with Crippen molar-refractivity contribution in [2.45, 2.75) is 25.3 Å². The predicted molar refractivity (Wildman–Crippen MR) is 102 cm³/mol. The monoisotopic (exact) mass is 390 g/mol. The van der Waals surface area contributed by atoms with Crippen LogP contribution in [0.3, 0.4) is 0 Å². The molecule has 3 nitrogen and oxygen atoms in total. The van der Waals surface area contributed by atoms with Gasteiger partial charge in [0.1, 0.15) is 5.75 Å². The summed E-state index contributed by atoms with van der Waals surface area (Å²) in [6.07, 6.45) is 3.33. The minimum atomic E-state index is 0.247. The number of methoxy groups -OCH3 is 1. The van der Waals surface area contributed by atoms with E-state index < -0.39 is 0 Å². The first-order chi connectivity index (χ1) is 11.2. The van der Waals surface area contributed by atoms with Crippen LogP contribution in [0.4, 0.5) is 5.69 Å². The van der Waals surface area contributed by atoms with Crippen LogP contribution in [0.1, 0.15) is 30.0 Å². The molecule has 0 heterocycles. The molecule has 0 aromatic heterocycles. The fourth-order valence-electron chi connectivity index (χ4n) is 2.96. The average Bonchev–Trinajstić information content (AvgIpc) is 2.54. The van der Waals surface area contributed by atoms with E-state index in [9.17, 15) is 0 Å². The first-order valence-electron chi connectivity index (χ1n) is 7.65. The van der Waals surface area contributed by atoms with Gasteiger partial charge >= 0.3 is 0 Å². The normalized spacial score (nSPS) is 16.3. The first-order valence-corrected chi connectivity index (χ1v) is 8.86. The van der Waals surface area contributed by atoms with Gasteiger partial charge in [0.25, 0.3) is 0 Å². The zero-order valence-corrected chi connectivity index (χ0v) is 15.3. The first kappa shape index (κ1) is 16.3. The molecule has 5 heteroatoms. The molecule has 0 spiro atoms. The molecule has 2 aromatic rings. The second-order valence-corrected chi connectivity index (χ2v) is 6.94. The number of halogens is 1. The summed E-state index contributed by atoms with van der Waals surface area (Å²) in [5.41, 5.74) is 3.64. The van der Waals surface area contributed by atoms with Crippen molar-refractivity contribution in [2.75, 3.05) is 12.4 Å². The lowest BCUT2D eigenvalue weighted by atomic mass is 9.87. The average molecular weight is 391 g/mol. The van der Waals surface area contributed by atoms with Crippen molar-refractivity contribution in [3.63, 3.8) is 0 Å². The van der Waals surface area contributed by atoms with E-state index in [4.69, 9.17) is 17.0 Å². The molecule has 0 saturated heterocycles. The maximum atomic E-state index is 5.48. The maximum Gasteiger partial charge on any atom is 0.171 e. The summed E-state index contributed by atoms with van der Waals surface area (Å²) in [5.74, 6) is 0.916. The summed E-state index contributed by atoms with van der Waals surface area (Å²) in [4.78, 5) is 0. The minimum Gasteiger partial charge on any atom is -0.497 e. The molecule has 0 amide bonds. The molecule has 0 saturated carbocycles. The van der Waals surface area contributed by atoms with Gasteiger partial charge in [-0.25, -0.2) is 0 Å². The molecule has 0 aliphatic heterocycles. The van der Waals surface area contributed by atoms with Gasteiger partial charge in [-0.15, -0.1) is 0 Å². The molecule has 0 radical (unpaired) electrons. The van der Waals surface area contributed by atoms with E-state index in [-0.39, 0.29) is 6.04 Å². The lowest BCUT2D eigenvalue weighted by Gasteiger charge is -2.28. The molecule has 0 unspecified atom stereocenters. The number of aryl methyl sites for hydroxylation is 1. The zero-order chi connectivity index (χ0) is 16.2. The van der Waals surface area contributed by atoms with Crippen molar-refractivity contribution in [1.82, 2.24) is 5.32 Å². The summed E-state index contributed by atoms with van der Waals surface area (Å²) in [6.45, 7) is 0.